The van der Waals surface area contributed by atoms with Crippen LogP contribution in [0.5, 0.6) is 0 Å². The van der Waals surface area contributed by atoms with Crippen molar-refractivity contribution in [3.63, 3.8) is 0 Å². The second-order valence-electron chi connectivity index (χ2n) is 14.4. The number of benzene rings is 9. The SMILES string of the molecule is CC1(C)c2ccccc2-c2c1c1ccc(-c3c4ccccc4c(-c4ccc5c(c4)oc4ccccc45)c4ccccc34)cc1c1ccccc21. The van der Waals surface area contributed by atoms with Gasteiger partial charge in [0.15, 0.2) is 0 Å². The number of para-hydroxylation sites is 1. The number of rotatable bonds is 2. The third kappa shape index (κ3) is 3.62. The van der Waals surface area contributed by atoms with Crippen LogP contribution in [-0.4, -0.2) is 0 Å². The first-order valence-electron chi connectivity index (χ1n) is 17.5. The zero-order valence-corrected chi connectivity index (χ0v) is 27.9. The maximum Gasteiger partial charge on any atom is 0.136 e. The Bertz CT molecular complexity index is 3010. The number of fused-ring (bicyclic) bond motifs is 13. The molecule has 1 heterocycles. The minimum Gasteiger partial charge on any atom is -0.456 e. The summed E-state index contributed by atoms with van der Waals surface area (Å²) < 4.78 is 6.37. The Morgan fingerprint density at radius 1 is 0.360 bits per heavy atom. The predicted molar refractivity (Wildman–Crippen MR) is 212 cm³/mol. The maximum atomic E-state index is 6.37. The van der Waals surface area contributed by atoms with Crippen LogP contribution in [0.3, 0.4) is 0 Å². The summed E-state index contributed by atoms with van der Waals surface area (Å²) >= 11 is 0. The minimum atomic E-state index is -0.0995. The fourth-order valence-electron chi connectivity index (χ4n) is 9.29. The quantitative estimate of drug-likeness (QED) is 0.136. The fourth-order valence-corrected chi connectivity index (χ4v) is 9.29. The summed E-state index contributed by atoms with van der Waals surface area (Å²) in [6, 6.07) is 58.1. The smallest absolute Gasteiger partial charge is 0.136 e. The summed E-state index contributed by atoms with van der Waals surface area (Å²) in [5.74, 6) is 0. The molecule has 0 amide bonds. The van der Waals surface area contributed by atoms with Gasteiger partial charge < -0.3 is 4.42 Å². The number of furan rings is 1. The van der Waals surface area contributed by atoms with E-state index in [1.54, 1.807) is 0 Å². The Hall–Kier alpha value is -6.18. The molecule has 10 aromatic rings. The number of hydrogen-bond donors (Lipinski definition) is 0. The van der Waals surface area contributed by atoms with Crippen molar-refractivity contribution in [2.75, 3.05) is 0 Å². The van der Waals surface area contributed by atoms with Crippen molar-refractivity contribution in [3.05, 3.63) is 169 Å². The fraction of sp³-hybridized carbons (Fsp3) is 0.0612. The highest BCUT2D eigenvalue weighted by Crippen LogP contribution is 2.55. The van der Waals surface area contributed by atoms with E-state index in [9.17, 15) is 0 Å². The Kier molecular flexibility index (Phi) is 5.51. The molecule has 0 saturated carbocycles. The lowest BCUT2D eigenvalue weighted by Gasteiger charge is -2.24. The van der Waals surface area contributed by atoms with Crippen molar-refractivity contribution in [2.45, 2.75) is 19.3 Å². The van der Waals surface area contributed by atoms with Gasteiger partial charge in [-0.05, 0) is 112 Å². The van der Waals surface area contributed by atoms with Gasteiger partial charge in [-0.2, -0.15) is 0 Å². The van der Waals surface area contributed by atoms with Crippen LogP contribution in [0.15, 0.2) is 162 Å². The van der Waals surface area contributed by atoms with Gasteiger partial charge in [0.25, 0.3) is 0 Å². The van der Waals surface area contributed by atoms with E-state index < -0.39 is 0 Å². The molecule has 1 aromatic heterocycles. The van der Waals surface area contributed by atoms with Crippen LogP contribution in [0.2, 0.25) is 0 Å². The van der Waals surface area contributed by atoms with Crippen LogP contribution in [-0.2, 0) is 5.41 Å². The molecule has 234 valence electrons. The van der Waals surface area contributed by atoms with Crippen LogP contribution in [0.1, 0.15) is 25.0 Å². The summed E-state index contributed by atoms with van der Waals surface area (Å²) in [7, 11) is 0. The first-order chi connectivity index (χ1) is 24.6. The average molecular weight is 637 g/mol. The van der Waals surface area contributed by atoms with E-state index in [0.29, 0.717) is 0 Å². The van der Waals surface area contributed by atoms with Crippen LogP contribution in [0.4, 0.5) is 0 Å². The van der Waals surface area contributed by atoms with Gasteiger partial charge >= 0.3 is 0 Å². The summed E-state index contributed by atoms with van der Waals surface area (Å²) in [6.07, 6.45) is 0. The van der Waals surface area contributed by atoms with Gasteiger partial charge in [0.2, 0.25) is 0 Å². The van der Waals surface area contributed by atoms with E-state index in [1.807, 2.05) is 6.07 Å². The van der Waals surface area contributed by atoms with Gasteiger partial charge in [-0.1, -0.05) is 147 Å². The molecule has 11 rings (SSSR count). The molecule has 0 spiro atoms. The van der Waals surface area contributed by atoms with Gasteiger partial charge in [-0.25, -0.2) is 0 Å². The minimum absolute atomic E-state index is 0.0995. The second kappa shape index (κ2) is 9.94. The molecule has 0 fully saturated rings. The largest absolute Gasteiger partial charge is 0.456 e. The third-order valence-corrected chi connectivity index (χ3v) is 11.4. The Morgan fingerprint density at radius 3 is 1.50 bits per heavy atom. The summed E-state index contributed by atoms with van der Waals surface area (Å²) in [4.78, 5) is 0. The van der Waals surface area contributed by atoms with Crippen molar-refractivity contribution >= 4 is 65.0 Å². The second-order valence-corrected chi connectivity index (χ2v) is 14.4. The van der Waals surface area contributed by atoms with Crippen LogP contribution < -0.4 is 0 Å². The molecular weight excluding hydrogens is 605 g/mol. The van der Waals surface area contributed by atoms with E-state index >= 15 is 0 Å². The van der Waals surface area contributed by atoms with Crippen molar-refractivity contribution in [1.82, 2.24) is 0 Å². The van der Waals surface area contributed by atoms with E-state index in [0.717, 1.165) is 27.5 Å². The lowest BCUT2D eigenvalue weighted by molar-refractivity contribution is 0.666. The maximum absolute atomic E-state index is 6.37. The Morgan fingerprint density at radius 2 is 0.840 bits per heavy atom. The topological polar surface area (TPSA) is 13.1 Å². The van der Waals surface area contributed by atoms with Crippen molar-refractivity contribution < 1.29 is 4.42 Å². The molecule has 0 atom stereocenters. The third-order valence-electron chi connectivity index (χ3n) is 11.4. The first-order valence-corrected chi connectivity index (χ1v) is 17.5. The first kappa shape index (κ1) is 27.7. The van der Waals surface area contributed by atoms with Crippen molar-refractivity contribution in [1.29, 1.82) is 0 Å². The molecule has 0 unspecified atom stereocenters. The summed E-state index contributed by atoms with van der Waals surface area (Å²) in [6.45, 7) is 4.78. The van der Waals surface area contributed by atoms with Crippen molar-refractivity contribution in [3.8, 4) is 33.4 Å². The lowest BCUT2D eigenvalue weighted by Crippen LogP contribution is -2.15. The molecular formula is C49H32O. The molecule has 0 bridgehead atoms. The highest BCUT2D eigenvalue weighted by Gasteiger charge is 2.38. The molecule has 1 aliphatic rings. The normalized spacial score (nSPS) is 13.6. The molecule has 0 N–H and O–H groups in total. The molecule has 0 radical (unpaired) electrons. The van der Waals surface area contributed by atoms with E-state index in [-0.39, 0.29) is 5.41 Å². The molecule has 0 saturated heterocycles. The lowest BCUT2D eigenvalue weighted by atomic mass is 9.78. The Balaban J connectivity index is 1.21. The molecule has 1 nitrogen and oxygen atoms in total. The molecule has 50 heavy (non-hydrogen) atoms. The van der Waals surface area contributed by atoms with Crippen LogP contribution in [0.25, 0.3) is 98.4 Å². The van der Waals surface area contributed by atoms with Gasteiger partial charge in [0.1, 0.15) is 11.2 Å². The highest BCUT2D eigenvalue weighted by molar-refractivity contribution is 6.24. The van der Waals surface area contributed by atoms with Gasteiger partial charge in [0, 0.05) is 16.2 Å². The molecule has 1 aliphatic carbocycles. The standard InChI is InChI=1S/C49H32O/c1-49(2)42-21-11-9-20-40(42)47-34-15-4-3-13-31(34)41-27-29(24-26-39(41)48(47)49)45-35-16-5-7-18-37(35)46(38-19-8-6-17-36(38)45)30-23-25-33-32-14-10-12-22-43(32)50-44(33)28-30/h3-28H,1-2H3. The van der Waals surface area contributed by atoms with E-state index in [1.165, 1.54) is 82.0 Å². The van der Waals surface area contributed by atoms with Crippen molar-refractivity contribution in [2.24, 2.45) is 0 Å². The van der Waals surface area contributed by atoms with E-state index in [2.05, 4.69) is 166 Å². The summed E-state index contributed by atoms with van der Waals surface area (Å²) in [5, 5.41) is 12.6. The Labute approximate surface area is 290 Å². The van der Waals surface area contributed by atoms with Crippen LogP contribution >= 0.6 is 0 Å². The zero-order valence-electron chi connectivity index (χ0n) is 27.9. The van der Waals surface area contributed by atoms with Gasteiger partial charge in [-0.15, -0.1) is 0 Å². The van der Waals surface area contributed by atoms with Gasteiger partial charge in [0.05, 0.1) is 0 Å². The number of hydrogen-bond acceptors (Lipinski definition) is 1. The molecule has 9 aromatic carbocycles. The molecule has 1 heteroatoms. The predicted octanol–water partition coefficient (Wildman–Crippen LogP) is 13.8. The van der Waals surface area contributed by atoms with Gasteiger partial charge in [-0.3, -0.25) is 0 Å². The average Bonchev–Trinajstić information content (AvgIpc) is 3.65. The summed E-state index contributed by atoms with van der Waals surface area (Å²) in [5.41, 5.74) is 12.3. The van der Waals surface area contributed by atoms with Crippen LogP contribution in [0, 0.1) is 0 Å². The molecule has 0 aliphatic heterocycles. The highest BCUT2D eigenvalue weighted by atomic mass is 16.3. The monoisotopic (exact) mass is 636 g/mol. The van der Waals surface area contributed by atoms with E-state index in [4.69, 9.17) is 4.42 Å². The zero-order chi connectivity index (χ0) is 33.1.